The Hall–Kier alpha value is -2.91. The van der Waals surface area contributed by atoms with Crippen molar-refractivity contribution >= 4 is 11.6 Å². The molecule has 7 heteroatoms. The van der Waals surface area contributed by atoms with Crippen LogP contribution in [0.1, 0.15) is 5.56 Å². The minimum atomic E-state index is -0.225. The van der Waals surface area contributed by atoms with Crippen LogP contribution in [0.4, 0.5) is 0 Å². The van der Waals surface area contributed by atoms with Crippen LogP contribution in [0, 0.1) is 11.3 Å². The summed E-state index contributed by atoms with van der Waals surface area (Å²) in [7, 11) is 1.59. The van der Waals surface area contributed by atoms with E-state index in [0.29, 0.717) is 16.8 Å². The summed E-state index contributed by atoms with van der Waals surface area (Å²) in [5.74, 6) is 0. The van der Waals surface area contributed by atoms with Gasteiger partial charge in [0.15, 0.2) is 0 Å². The number of hydrogen-bond donors (Lipinski definition) is 0. The molecule has 0 N–H and O–H groups in total. The number of pyridine rings is 1. The largest absolute Gasteiger partial charge is 0.350 e. The molecule has 2 heterocycles. The molecule has 0 unspecified atom stereocenters. The van der Waals surface area contributed by atoms with Gasteiger partial charge < -0.3 is 0 Å². The maximum atomic E-state index is 11.9. The van der Waals surface area contributed by atoms with Crippen LogP contribution in [-0.4, -0.2) is 19.3 Å². The summed E-state index contributed by atoms with van der Waals surface area (Å²) >= 11 is 5.94. The van der Waals surface area contributed by atoms with Crippen LogP contribution in [0.15, 0.2) is 47.7 Å². The first kappa shape index (κ1) is 14.0. The Morgan fingerprint density at radius 1 is 1.23 bits per heavy atom. The summed E-state index contributed by atoms with van der Waals surface area (Å²) in [5.41, 5.74) is 2.32. The molecule has 0 fully saturated rings. The van der Waals surface area contributed by atoms with Crippen LogP contribution >= 0.6 is 11.6 Å². The van der Waals surface area contributed by atoms with Gasteiger partial charge in [0.1, 0.15) is 17.5 Å². The Morgan fingerprint density at radius 2 is 1.95 bits per heavy atom. The molecule has 3 aromatic rings. The van der Waals surface area contributed by atoms with E-state index >= 15 is 0 Å². The molecule has 0 atom stereocenters. The monoisotopic (exact) mass is 311 g/mol. The van der Waals surface area contributed by atoms with Gasteiger partial charge in [0.2, 0.25) is 0 Å². The number of rotatable bonds is 2. The number of halogens is 1. The molecule has 2 aromatic heterocycles. The topological polar surface area (TPSA) is 76.5 Å². The average molecular weight is 312 g/mol. The van der Waals surface area contributed by atoms with E-state index in [-0.39, 0.29) is 10.8 Å². The van der Waals surface area contributed by atoms with Crippen LogP contribution in [0.25, 0.3) is 16.8 Å². The van der Waals surface area contributed by atoms with Gasteiger partial charge in [-0.1, -0.05) is 23.7 Å². The SMILES string of the molecule is Cn1ncn(-c2ccc(-c3ccnc(Cl)c3C#N)cc2)c1=O. The molecular weight excluding hydrogens is 302 g/mol. The van der Waals surface area contributed by atoms with E-state index in [0.717, 1.165) is 5.56 Å². The normalized spacial score (nSPS) is 10.4. The zero-order valence-electron chi connectivity index (χ0n) is 11.6. The standard InChI is InChI=1S/C15H10ClN5O/c1-20-15(22)21(9-19-20)11-4-2-10(3-5-11)12-6-7-18-14(16)13(12)8-17/h2-7,9H,1H3. The molecule has 6 nitrogen and oxygen atoms in total. The summed E-state index contributed by atoms with van der Waals surface area (Å²) < 4.78 is 2.69. The van der Waals surface area contributed by atoms with Crippen molar-refractivity contribution in [1.82, 2.24) is 19.3 Å². The number of benzene rings is 1. The van der Waals surface area contributed by atoms with Gasteiger partial charge in [0.05, 0.1) is 11.3 Å². The summed E-state index contributed by atoms with van der Waals surface area (Å²) in [6, 6.07) is 11.0. The lowest BCUT2D eigenvalue weighted by Gasteiger charge is -2.06. The van der Waals surface area contributed by atoms with Crippen molar-refractivity contribution in [3.05, 3.63) is 64.1 Å². The lowest BCUT2D eigenvalue weighted by molar-refractivity contribution is 0.726. The second-order valence-corrected chi connectivity index (χ2v) is 4.95. The van der Waals surface area contributed by atoms with E-state index in [1.807, 2.05) is 12.1 Å². The average Bonchev–Trinajstić information content (AvgIpc) is 2.87. The number of nitrogens with zero attached hydrogens (tertiary/aromatic N) is 5. The van der Waals surface area contributed by atoms with Gasteiger partial charge in [0.25, 0.3) is 0 Å². The molecular formula is C15H10ClN5O. The minimum Gasteiger partial charge on any atom is -0.250 e. The first-order valence-corrected chi connectivity index (χ1v) is 6.75. The molecule has 0 spiro atoms. The molecule has 0 bridgehead atoms. The number of nitriles is 1. The van der Waals surface area contributed by atoms with Crippen molar-refractivity contribution < 1.29 is 0 Å². The highest BCUT2D eigenvalue weighted by Gasteiger charge is 2.10. The van der Waals surface area contributed by atoms with E-state index in [1.165, 1.54) is 15.6 Å². The fourth-order valence-electron chi connectivity index (χ4n) is 2.15. The molecule has 22 heavy (non-hydrogen) atoms. The summed E-state index contributed by atoms with van der Waals surface area (Å²) in [6.07, 6.45) is 3.01. The third-order valence-electron chi connectivity index (χ3n) is 3.30. The van der Waals surface area contributed by atoms with Crippen molar-refractivity contribution in [1.29, 1.82) is 5.26 Å². The lowest BCUT2D eigenvalue weighted by atomic mass is 10.0. The third-order valence-corrected chi connectivity index (χ3v) is 3.58. The highest BCUT2D eigenvalue weighted by atomic mass is 35.5. The number of aryl methyl sites for hydroxylation is 1. The highest BCUT2D eigenvalue weighted by Crippen LogP contribution is 2.27. The van der Waals surface area contributed by atoms with Crippen molar-refractivity contribution in [3.8, 4) is 22.9 Å². The smallest absolute Gasteiger partial charge is 0.250 e. The summed E-state index contributed by atoms with van der Waals surface area (Å²) in [5, 5.41) is 13.3. The fraction of sp³-hybridized carbons (Fsp3) is 0.0667. The fourth-order valence-corrected chi connectivity index (χ4v) is 2.35. The van der Waals surface area contributed by atoms with E-state index in [4.69, 9.17) is 11.6 Å². The maximum absolute atomic E-state index is 11.9. The van der Waals surface area contributed by atoms with Gasteiger partial charge in [-0.3, -0.25) is 0 Å². The Labute approximate surface area is 130 Å². The second kappa shape index (κ2) is 5.47. The van der Waals surface area contributed by atoms with Crippen molar-refractivity contribution in [2.75, 3.05) is 0 Å². The van der Waals surface area contributed by atoms with Crippen molar-refractivity contribution in [3.63, 3.8) is 0 Å². The zero-order valence-corrected chi connectivity index (χ0v) is 12.3. The Bertz CT molecular complexity index is 934. The van der Waals surface area contributed by atoms with E-state index in [9.17, 15) is 10.1 Å². The zero-order chi connectivity index (χ0) is 15.7. The van der Waals surface area contributed by atoms with Crippen LogP contribution < -0.4 is 5.69 Å². The van der Waals surface area contributed by atoms with Crippen molar-refractivity contribution in [2.24, 2.45) is 7.05 Å². The molecule has 1 aromatic carbocycles. The van der Waals surface area contributed by atoms with E-state index < -0.39 is 0 Å². The molecule has 0 amide bonds. The molecule has 3 rings (SSSR count). The van der Waals surface area contributed by atoms with Crippen molar-refractivity contribution in [2.45, 2.75) is 0 Å². The highest BCUT2D eigenvalue weighted by molar-refractivity contribution is 6.31. The Kier molecular flexibility index (Phi) is 3.49. The van der Waals surface area contributed by atoms with Gasteiger partial charge in [-0.15, -0.1) is 0 Å². The van der Waals surface area contributed by atoms with Crippen LogP contribution in [0.2, 0.25) is 5.15 Å². The van der Waals surface area contributed by atoms with Gasteiger partial charge in [0, 0.05) is 18.8 Å². The third kappa shape index (κ3) is 2.28. The van der Waals surface area contributed by atoms with Gasteiger partial charge in [-0.05, 0) is 23.8 Å². The van der Waals surface area contributed by atoms with E-state index in [1.54, 1.807) is 31.4 Å². The molecule has 0 aliphatic carbocycles. The predicted molar refractivity (Wildman–Crippen MR) is 81.8 cm³/mol. The Morgan fingerprint density at radius 3 is 2.55 bits per heavy atom. The van der Waals surface area contributed by atoms with E-state index in [2.05, 4.69) is 16.2 Å². The quantitative estimate of drug-likeness (QED) is 0.680. The lowest BCUT2D eigenvalue weighted by Crippen LogP contribution is -2.21. The minimum absolute atomic E-state index is 0.174. The molecule has 0 saturated heterocycles. The summed E-state index contributed by atoms with van der Waals surface area (Å²) in [4.78, 5) is 15.8. The van der Waals surface area contributed by atoms with Crippen LogP contribution in [0.3, 0.4) is 0 Å². The first-order valence-electron chi connectivity index (χ1n) is 6.38. The number of aromatic nitrogens is 4. The Balaban J connectivity index is 2.06. The van der Waals surface area contributed by atoms with Gasteiger partial charge in [-0.25, -0.2) is 19.0 Å². The molecule has 0 aliphatic heterocycles. The predicted octanol–water partition coefficient (Wildman–Crippen LogP) is 2.16. The second-order valence-electron chi connectivity index (χ2n) is 4.59. The molecule has 0 aliphatic rings. The van der Waals surface area contributed by atoms with Crippen LogP contribution in [0.5, 0.6) is 0 Å². The molecule has 108 valence electrons. The maximum Gasteiger partial charge on any atom is 0.350 e. The molecule has 0 radical (unpaired) electrons. The molecule has 0 saturated carbocycles. The van der Waals surface area contributed by atoms with Gasteiger partial charge in [-0.2, -0.15) is 10.4 Å². The van der Waals surface area contributed by atoms with Crippen LogP contribution in [-0.2, 0) is 7.05 Å². The van der Waals surface area contributed by atoms with Gasteiger partial charge >= 0.3 is 5.69 Å². The first-order chi connectivity index (χ1) is 10.6. The number of hydrogen-bond acceptors (Lipinski definition) is 4. The summed E-state index contributed by atoms with van der Waals surface area (Å²) in [6.45, 7) is 0.